The number of benzene rings is 1. The van der Waals surface area contributed by atoms with E-state index in [0.717, 1.165) is 6.07 Å². The fraction of sp³-hybridized carbons (Fsp3) is 0.400. The normalized spacial score (nSPS) is 13.8. The van der Waals surface area contributed by atoms with Crippen molar-refractivity contribution in [1.82, 2.24) is 5.32 Å². The van der Waals surface area contributed by atoms with Crippen molar-refractivity contribution in [3.63, 3.8) is 0 Å². The van der Waals surface area contributed by atoms with Crippen LogP contribution >= 0.6 is 11.6 Å². The summed E-state index contributed by atoms with van der Waals surface area (Å²) in [5.41, 5.74) is -1.26. The number of nitrogens with one attached hydrogen (secondary N) is 1. The van der Waals surface area contributed by atoms with Gasteiger partial charge in [-0.2, -0.15) is 13.2 Å². The summed E-state index contributed by atoms with van der Waals surface area (Å²) >= 11 is 5.49. The van der Waals surface area contributed by atoms with Crippen LogP contribution in [-0.4, -0.2) is 23.8 Å². The van der Waals surface area contributed by atoms with Gasteiger partial charge in [-0.05, 0) is 24.7 Å². The van der Waals surface area contributed by atoms with Crippen molar-refractivity contribution in [2.24, 2.45) is 0 Å². The first-order chi connectivity index (χ1) is 7.77. The van der Waals surface area contributed by atoms with Gasteiger partial charge in [-0.1, -0.05) is 11.6 Å². The van der Waals surface area contributed by atoms with Crippen molar-refractivity contribution in [1.29, 1.82) is 0 Å². The minimum atomic E-state index is -4.72. The van der Waals surface area contributed by atoms with Crippen LogP contribution in [-0.2, 0) is 6.18 Å². The first kappa shape index (κ1) is 14.1. The fourth-order valence-electron chi connectivity index (χ4n) is 1.34. The standard InChI is InChI=1S/C10H11ClF3NO2/c1-15-4-8(16)5-2-6(10(12,13)14)9(17)7(11)3-5/h2-3,8,15-17H,4H2,1H3. The van der Waals surface area contributed by atoms with Gasteiger partial charge in [0.15, 0.2) is 0 Å². The zero-order valence-electron chi connectivity index (χ0n) is 8.85. The lowest BCUT2D eigenvalue weighted by molar-refractivity contribution is -0.138. The van der Waals surface area contributed by atoms with Gasteiger partial charge in [0, 0.05) is 6.54 Å². The molecule has 0 radical (unpaired) electrons. The van der Waals surface area contributed by atoms with E-state index in [4.69, 9.17) is 11.6 Å². The summed E-state index contributed by atoms with van der Waals surface area (Å²) in [4.78, 5) is 0. The number of hydrogen-bond acceptors (Lipinski definition) is 3. The molecule has 0 aliphatic rings. The second-order valence-corrected chi connectivity index (χ2v) is 3.88. The number of alkyl halides is 3. The Hall–Kier alpha value is -0.980. The first-order valence-electron chi connectivity index (χ1n) is 4.69. The fourth-order valence-corrected chi connectivity index (χ4v) is 1.57. The van der Waals surface area contributed by atoms with Crippen LogP contribution in [0.15, 0.2) is 12.1 Å². The minimum Gasteiger partial charge on any atom is -0.506 e. The van der Waals surface area contributed by atoms with Gasteiger partial charge in [-0.3, -0.25) is 0 Å². The number of likely N-dealkylation sites (N-methyl/N-ethyl adjacent to an activating group) is 1. The molecule has 0 heterocycles. The molecule has 96 valence electrons. The molecule has 1 aromatic carbocycles. The van der Waals surface area contributed by atoms with E-state index in [2.05, 4.69) is 5.32 Å². The molecule has 7 heteroatoms. The molecule has 0 amide bonds. The number of phenols is 1. The quantitative estimate of drug-likeness (QED) is 0.789. The zero-order chi connectivity index (χ0) is 13.2. The van der Waals surface area contributed by atoms with E-state index in [1.165, 1.54) is 0 Å². The summed E-state index contributed by atoms with van der Waals surface area (Å²) in [7, 11) is 1.55. The molecule has 0 fully saturated rings. The van der Waals surface area contributed by atoms with Crippen LogP contribution in [0.25, 0.3) is 0 Å². The largest absolute Gasteiger partial charge is 0.506 e. The predicted molar refractivity (Wildman–Crippen MR) is 57.0 cm³/mol. The molecule has 0 saturated heterocycles. The maximum Gasteiger partial charge on any atom is 0.420 e. The van der Waals surface area contributed by atoms with Gasteiger partial charge in [0.25, 0.3) is 0 Å². The van der Waals surface area contributed by atoms with E-state index in [1.54, 1.807) is 7.05 Å². The summed E-state index contributed by atoms with van der Waals surface area (Å²) in [5.74, 6) is -1.03. The molecule has 0 aromatic heterocycles. The van der Waals surface area contributed by atoms with Gasteiger partial charge in [0.05, 0.1) is 16.7 Å². The number of phenolic OH excluding ortho intramolecular Hbond substituents is 1. The first-order valence-corrected chi connectivity index (χ1v) is 5.07. The SMILES string of the molecule is CNCC(O)c1cc(Cl)c(O)c(C(F)(F)F)c1. The van der Waals surface area contributed by atoms with E-state index in [9.17, 15) is 23.4 Å². The molecule has 3 N–H and O–H groups in total. The number of aliphatic hydroxyl groups excluding tert-OH is 1. The lowest BCUT2D eigenvalue weighted by Gasteiger charge is -2.15. The van der Waals surface area contributed by atoms with Crippen molar-refractivity contribution in [3.8, 4) is 5.75 Å². The van der Waals surface area contributed by atoms with Crippen LogP contribution in [0.1, 0.15) is 17.2 Å². The Bertz CT molecular complexity index is 409. The van der Waals surface area contributed by atoms with E-state index in [1.807, 2.05) is 0 Å². The van der Waals surface area contributed by atoms with Crippen molar-refractivity contribution in [2.45, 2.75) is 12.3 Å². The highest BCUT2D eigenvalue weighted by Gasteiger charge is 2.35. The Morgan fingerprint density at radius 3 is 2.47 bits per heavy atom. The van der Waals surface area contributed by atoms with Gasteiger partial charge >= 0.3 is 6.18 Å². The van der Waals surface area contributed by atoms with Gasteiger partial charge in [0.1, 0.15) is 5.75 Å². The third kappa shape index (κ3) is 3.24. The van der Waals surface area contributed by atoms with Crippen LogP contribution < -0.4 is 5.32 Å². The molecule has 1 unspecified atom stereocenters. The van der Waals surface area contributed by atoms with Gasteiger partial charge in [-0.15, -0.1) is 0 Å². The highest BCUT2D eigenvalue weighted by Crippen LogP contribution is 2.41. The third-order valence-electron chi connectivity index (χ3n) is 2.17. The van der Waals surface area contributed by atoms with Crippen LogP contribution in [0, 0.1) is 0 Å². The Balaban J connectivity index is 3.24. The summed E-state index contributed by atoms with van der Waals surface area (Å²) in [5, 5.41) is 21.0. The van der Waals surface area contributed by atoms with E-state index >= 15 is 0 Å². The second-order valence-electron chi connectivity index (χ2n) is 3.47. The number of hydrogen-bond donors (Lipinski definition) is 3. The lowest BCUT2D eigenvalue weighted by Crippen LogP contribution is -2.17. The Labute approximate surface area is 101 Å². The van der Waals surface area contributed by atoms with Gasteiger partial charge in [-0.25, -0.2) is 0 Å². The molecule has 0 spiro atoms. The molecule has 1 rings (SSSR count). The number of rotatable bonds is 3. The third-order valence-corrected chi connectivity index (χ3v) is 2.46. The molecule has 3 nitrogen and oxygen atoms in total. The van der Waals surface area contributed by atoms with Crippen LogP contribution in [0.3, 0.4) is 0 Å². The molecule has 1 aromatic rings. The molecule has 17 heavy (non-hydrogen) atoms. The van der Waals surface area contributed by atoms with Gasteiger partial charge < -0.3 is 15.5 Å². The highest BCUT2D eigenvalue weighted by atomic mass is 35.5. The summed E-state index contributed by atoms with van der Waals surface area (Å²) in [6, 6.07) is 1.79. The Kier molecular flexibility index (Phi) is 4.24. The van der Waals surface area contributed by atoms with Crippen LogP contribution in [0.2, 0.25) is 5.02 Å². The number of halogens is 4. The Morgan fingerprint density at radius 1 is 1.41 bits per heavy atom. The van der Waals surface area contributed by atoms with E-state index in [0.29, 0.717) is 6.07 Å². The van der Waals surface area contributed by atoms with Crippen molar-refractivity contribution in [3.05, 3.63) is 28.3 Å². The minimum absolute atomic E-state index is 0.00512. The molecule has 0 aliphatic heterocycles. The maximum atomic E-state index is 12.5. The maximum absolute atomic E-state index is 12.5. The molecular formula is C10H11ClF3NO2. The monoisotopic (exact) mass is 269 g/mol. The van der Waals surface area contributed by atoms with Gasteiger partial charge in [0.2, 0.25) is 0 Å². The molecule has 1 atom stereocenters. The summed E-state index contributed by atoms with van der Waals surface area (Å²) in [6.07, 6.45) is -5.84. The topological polar surface area (TPSA) is 52.5 Å². The lowest BCUT2D eigenvalue weighted by atomic mass is 10.0. The average molecular weight is 270 g/mol. The average Bonchev–Trinajstić information content (AvgIpc) is 2.20. The second kappa shape index (κ2) is 5.12. The Morgan fingerprint density at radius 2 is 2.00 bits per heavy atom. The summed E-state index contributed by atoms with van der Waals surface area (Å²) in [6.45, 7) is 0.0817. The molecule has 0 bridgehead atoms. The van der Waals surface area contributed by atoms with E-state index in [-0.39, 0.29) is 12.1 Å². The van der Waals surface area contributed by atoms with Crippen molar-refractivity contribution >= 4 is 11.6 Å². The number of aromatic hydroxyl groups is 1. The number of aliphatic hydroxyl groups is 1. The van der Waals surface area contributed by atoms with Crippen molar-refractivity contribution < 1.29 is 23.4 Å². The predicted octanol–water partition coefficient (Wildman–Crippen LogP) is 2.32. The molecule has 0 aliphatic carbocycles. The van der Waals surface area contributed by atoms with Crippen LogP contribution in [0.4, 0.5) is 13.2 Å². The highest BCUT2D eigenvalue weighted by molar-refractivity contribution is 6.32. The van der Waals surface area contributed by atoms with E-state index < -0.39 is 28.6 Å². The van der Waals surface area contributed by atoms with Crippen LogP contribution in [0.5, 0.6) is 5.75 Å². The smallest absolute Gasteiger partial charge is 0.420 e. The molecular weight excluding hydrogens is 259 g/mol. The molecule has 0 saturated carbocycles. The zero-order valence-corrected chi connectivity index (χ0v) is 9.60. The summed E-state index contributed by atoms with van der Waals surface area (Å²) < 4.78 is 37.6. The van der Waals surface area contributed by atoms with Crippen molar-refractivity contribution in [2.75, 3.05) is 13.6 Å².